The zero-order valence-corrected chi connectivity index (χ0v) is 14.6. The molecule has 1 N–H and O–H groups in total. The van der Waals surface area contributed by atoms with Crippen molar-refractivity contribution in [2.24, 2.45) is 0 Å². The lowest BCUT2D eigenvalue weighted by molar-refractivity contribution is 0.0365. The smallest absolute Gasteiger partial charge is 0.343 e. The Morgan fingerprint density at radius 2 is 1.81 bits per heavy atom. The van der Waals surface area contributed by atoms with Gasteiger partial charge in [-0.05, 0) is 24.3 Å². The van der Waals surface area contributed by atoms with Gasteiger partial charge in [0.15, 0.2) is 28.8 Å². The van der Waals surface area contributed by atoms with Gasteiger partial charge in [0.1, 0.15) is 11.7 Å². The first kappa shape index (κ1) is 17.6. The van der Waals surface area contributed by atoms with Crippen LogP contribution in [0.3, 0.4) is 0 Å². The van der Waals surface area contributed by atoms with Gasteiger partial charge in [0.2, 0.25) is 0 Å². The van der Waals surface area contributed by atoms with Crippen molar-refractivity contribution in [2.45, 2.75) is 12.5 Å². The fourth-order valence-corrected chi connectivity index (χ4v) is 2.96. The van der Waals surface area contributed by atoms with E-state index in [1.165, 1.54) is 39.5 Å². The molecule has 0 radical (unpaired) electrons. The summed E-state index contributed by atoms with van der Waals surface area (Å²) in [7, 11) is 4.31. The van der Waals surface area contributed by atoms with Crippen molar-refractivity contribution in [3.8, 4) is 23.0 Å². The van der Waals surface area contributed by atoms with Gasteiger partial charge in [-0.25, -0.2) is 4.79 Å². The van der Waals surface area contributed by atoms with Gasteiger partial charge >= 0.3 is 5.97 Å². The van der Waals surface area contributed by atoms with Crippen LogP contribution in [0.4, 0.5) is 0 Å². The molecule has 1 heterocycles. The number of carbonyl (C=O) groups excluding carboxylic acids is 2. The fourth-order valence-electron chi connectivity index (χ4n) is 2.96. The predicted octanol–water partition coefficient (Wildman–Crippen LogP) is 2.90. The van der Waals surface area contributed by atoms with E-state index in [-0.39, 0.29) is 35.0 Å². The third kappa shape index (κ3) is 2.92. The monoisotopic (exact) mass is 358 g/mol. The molecule has 136 valence electrons. The Kier molecular flexibility index (Phi) is 4.71. The Balaban J connectivity index is 1.89. The van der Waals surface area contributed by atoms with Crippen LogP contribution in [-0.4, -0.2) is 38.2 Å². The molecule has 7 heteroatoms. The fraction of sp³-hybridized carbons (Fsp3) is 0.263. The van der Waals surface area contributed by atoms with Crippen LogP contribution >= 0.6 is 0 Å². The Labute approximate surface area is 150 Å². The van der Waals surface area contributed by atoms with Gasteiger partial charge in [0.05, 0.1) is 27.8 Å². The maximum atomic E-state index is 12.6. The summed E-state index contributed by atoms with van der Waals surface area (Å²) < 4.78 is 20.9. The second-order valence-electron chi connectivity index (χ2n) is 5.67. The van der Waals surface area contributed by atoms with Crippen molar-refractivity contribution in [1.82, 2.24) is 0 Å². The molecule has 0 spiro atoms. The molecule has 0 amide bonds. The van der Waals surface area contributed by atoms with Gasteiger partial charge in [-0.15, -0.1) is 0 Å². The summed E-state index contributed by atoms with van der Waals surface area (Å²) >= 11 is 0. The van der Waals surface area contributed by atoms with Crippen molar-refractivity contribution in [1.29, 1.82) is 0 Å². The summed E-state index contributed by atoms with van der Waals surface area (Å²) in [6.45, 7) is 0. The van der Waals surface area contributed by atoms with E-state index in [1.54, 1.807) is 12.1 Å². The largest absolute Gasteiger partial charge is 0.504 e. The Hall–Kier alpha value is -3.22. The second-order valence-corrected chi connectivity index (χ2v) is 5.67. The molecule has 0 aromatic heterocycles. The summed E-state index contributed by atoms with van der Waals surface area (Å²) in [6.07, 6.45) is -0.757. The number of cyclic esters (lactones) is 1. The zero-order valence-electron chi connectivity index (χ0n) is 14.6. The lowest BCUT2D eigenvalue weighted by Gasteiger charge is -2.12. The highest BCUT2D eigenvalue weighted by atomic mass is 16.6. The molecule has 0 saturated carbocycles. The number of phenolic OH excluding ortho intramolecular Hbond substituents is 1. The molecule has 7 nitrogen and oxygen atoms in total. The van der Waals surface area contributed by atoms with Crippen LogP contribution in [0.5, 0.6) is 23.0 Å². The highest BCUT2D eigenvalue weighted by Gasteiger charge is 2.37. The highest BCUT2D eigenvalue weighted by Crippen LogP contribution is 2.43. The van der Waals surface area contributed by atoms with Crippen LogP contribution in [0, 0.1) is 0 Å². The number of esters is 1. The van der Waals surface area contributed by atoms with Gasteiger partial charge in [0.25, 0.3) is 0 Å². The first-order chi connectivity index (χ1) is 12.5. The summed E-state index contributed by atoms with van der Waals surface area (Å²) in [6, 6.07) is 7.68. The normalized spacial score (nSPS) is 15.2. The second kappa shape index (κ2) is 6.95. The van der Waals surface area contributed by atoms with Crippen molar-refractivity contribution < 1.29 is 33.6 Å². The van der Waals surface area contributed by atoms with Crippen LogP contribution in [0.2, 0.25) is 0 Å². The van der Waals surface area contributed by atoms with E-state index in [2.05, 4.69) is 0 Å². The molecular formula is C19H18O7. The van der Waals surface area contributed by atoms with Crippen LogP contribution in [0.15, 0.2) is 30.3 Å². The van der Waals surface area contributed by atoms with Crippen LogP contribution in [-0.2, 0) is 4.74 Å². The summed E-state index contributed by atoms with van der Waals surface area (Å²) in [4.78, 5) is 24.9. The first-order valence-corrected chi connectivity index (χ1v) is 7.86. The number of ketones is 1. The molecule has 3 rings (SSSR count). The number of phenols is 1. The molecule has 26 heavy (non-hydrogen) atoms. The number of hydrogen-bond donors (Lipinski definition) is 1. The number of hydrogen-bond acceptors (Lipinski definition) is 7. The molecule has 2 aromatic carbocycles. The molecule has 0 aliphatic carbocycles. The van der Waals surface area contributed by atoms with E-state index in [9.17, 15) is 14.7 Å². The molecule has 2 aromatic rings. The van der Waals surface area contributed by atoms with Crippen LogP contribution < -0.4 is 14.2 Å². The molecule has 0 fully saturated rings. The average Bonchev–Trinajstić information content (AvgIpc) is 2.96. The van der Waals surface area contributed by atoms with E-state index in [0.29, 0.717) is 16.9 Å². The van der Waals surface area contributed by atoms with Crippen molar-refractivity contribution in [2.75, 3.05) is 21.3 Å². The lowest BCUT2D eigenvalue weighted by atomic mass is 9.97. The molecule has 1 atom stereocenters. The van der Waals surface area contributed by atoms with E-state index >= 15 is 0 Å². The van der Waals surface area contributed by atoms with Crippen LogP contribution in [0.1, 0.15) is 38.8 Å². The number of aromatic hydroxyl groups is 1. The third-order valence-corrected chi connectivity index (χ3v) is 4.25. The minimum atomic E-state index is -0.718. The number of ether oxygens (including phenoxy) is 4. The maximum absolute atomic E-state index is 12.6. The summed E-state index contributed by atoms with van der Waals surface area (Å²) in [5.74, 6) is 0.0415. The third-order valence-electron chi connectivity index (χ3n) is 4.25. The SMILES string of the molecule is COc1cc(C(=O)CC2OC(=O)c3c2ccc(OC)c3OC)ccc1O. The molecule has 1 unspecified atom stereocenters. The van der Waals surface area contributed by atoms with Gasteiger partial charge < -0.3 is 24.1 Å². The van der Waals surface area contributed by atoms with E-state index in [4.69, 9.17) is 18.9 Å². The van der Waals surface area contributed by atoms with E-state index in [1.807, 2.05) is 0 Å². The summed E-state index contributed by atoms with van der Waals surface area (Å²) in [5, 5.41) is 9.64. The first-order valence-electron chi connectivity index (χ1n) is 7.86. The van der Waals surface area contributed by atoms with Crippen LogP contribution in [0.25, 0.3) is 0 Å². The zero-order chi connectivity index (χ0) is 18.8. The predicted molar refractivity (Wildman–Crippen MR) is 91.3 cm³/mol. The van der Waals surface area contributed by atoms with Gasteiger partial charge in [0, 0.05) is 11.1 Å². The van der Waals surface area contributed by atoms with E-state index in [0.717, 1.165) is 0 Å². The van der Waals surface area contributed by atoms with Crippen molar-refractivity contribution in [3.05, 3.63) is 47.0 Å². The molecule has 0 saturated heterocycles. The van der Waals surface area contributed by atoms with E-state index < -0.39 is 12.1 Å². The van der Waals surface area contributed by atoms with Crippen molar-refractivity contribution >= 4 is 11.8 Å². The Bertz CT molecular complexity index is 872. The number of fused-ring (bicyclic) bond motifs is 1. The maximum Gasteiger partial charge on any atom is 0.343 e. The number of benzene rings is 2. The number of rotatable bonds is 6. The summed E-state index contributed by atoms with van der Waals surface area (Å²) in [5.41, 5.74) is 1.20. The van der Waals surface area contributed by atoms with Gasteiger partial charge in [-0.3, -0.25) is 4.79 Å². The number of Topliss-reactive ketones (excluding diaryl/α,β-unsaturated/α-hetero) is 1. The topological polar surface area (TPSA) is 91.3 Å². The molecule has 1 aliphatic heterocycles. The Morgan fingerprint density at radius 1 is 1.08 bits per heavy atom. The molecule has 0 bridgehead atoms. The minimum Gasteiger partial charge on any atom is -0.504 e. The highest BCUT2D eigenvalue weighted by molar-refractivity contribution is 6.01. The average molecular weight is 358 g/mol. The molecular weight excluding hydrogens is 340 g/mol. The minimum absolute atomic E-state index is 0.0395. The number of methoxy groups -OCH3 is 3. The van der Waals surface area contributed by atoms with Gasteiger partial charge in [-0.2, -0.15) is 0 Å². The molecule has 1 aliphatic rings. The quantitative estimate of drug-likeness (QED) is 0.627. The number of carbonyl (C=O) groups is 2. The van der Waals surface area contributed by atoms with Gasteiger partial charge in [-0.1, -0.05) is 6.07 Å². The lowest BCUT2D eigenvalue weighted by Crippen LogP contribution is -2.08. The standard InChI is InChI=1S/C19H18O7/c1-23-14-7-5-11-15(26-19(22)17(11)18(14)25-3)9-13(21)10-4-6-12(20)16(8-10)24-2/h4-8,15,20H,9H2,1-3H3. The van der Waals surface area contributed by atoms with Crippen molar-refractivity contribution in [3.63, 3.8) is 0 Å². The Morgan fingerprint density at radius 3 is 2.46 bits per heavy atom.